The second kappa shape index (κ2) is 7.87. The zero-order chi connectivity index (χ0) is 21.3. The summed E-state index contributed by atoms with van der Waals surface area (Å²) < 4.78 is 84.6. The van der Waals surface area contributed by atoms with Crippen molar-refractivity contribution < 1.29 is 39.7 Å². The molecule has 0 aliphatic carbocycles. The molecule has 28 heavy (non-hydrogen) atoms. The smallest absolute Gasteiger partial charge is 0.351 e. The Morgan fingerprint density at radius 3 is 2.50 bits per heavy atom. The molecule has 1 aliphatic rings. The highest BCUT2D eigenvalue weighted by atomic mass is 32.2. The number of hydrogen-bond donors (Lipinski definition) is 1. The van der Waals surface area contributed by atoms with E-state index < -0.39 is 75.0 Å². The van der Waals surface area contributed by atoms with Gasteiger partial charge < -0.3 is 5.32 Å². The monoisotopic (exact) mass is 462 g/mol. The number of hydrogen-bond acceptors (Lipinski definition) is 8. The van der Waals surface area contributed by atoms with Crippen molar-refractivity contribution in [3.05, 3.63) is 28.3 Å². The van der Waals surface area contributed by atoms with E-state index in [2.05, 4.69) is 5.32 Å². The van der Waals surface area contributed by atoms with E-state index in [1.165, 1.54) is 0 Å². The maximum atomic E-state index is 12.4. The lowest BCUT2D eigenvalue weighted by molar-refractivity contribution is -0.388. The molecular weight excluding hydrogens is 449 g/mol. The molecule has 156 valence electrons. The van der Waals surface area contributed by atoms with Crippen LogP contribution in [0.3, 0.4) is 0 Å². The van der Waals surface area contributed by atoms with Gasteiger partial charge in [-0.15, -0.1) is 0 Å². The summed E-state index contributed by atoms with van der Waals surface area (Å²) in [6, 6.07) is 1.08. The Kier molecular flexibility index (Phi) is 6.30. The summed E-state index contributed by atoms with van der Waals surface area (Å²) in [5, 5.41) is 13.3. The third-order valence-electron chi connectivity index (χ3n) is 3.61. The molecule has 1 atom stereocenters. The van der Waals surface area contributed by atoms with Gasteiger partial charge in [-0.2, -0.15) is 13.2 Å². The average molecular weight is 462 g/mol. The van der Waals surface area contributed by atoms with Gasteiger partial charge in [-0.1, -0.05) is 0 Å². The molecule has 1 unspecified atom stereocenters. The Morgan fingerprint density at radius 2 is 2.00 bits per heavy atom. The Labute approximate surface area is 161 Å². The van der Waals surface area contributed by atoms with Crippen molar-refractivity contribution in [2.24, 2.45) is 0 Å². The summed E-state index contributed by atoms with van der Waals surface area (Å²) in [6.45, 7) is 0. The Bertz CT molecular complexity index is 1010. The Hall–Kier alpha value is -1.87. The molecule has 2 rings (SSSR count). The molecule has 15 heteroatoms. The number of nitro groups is 1. The number of sulfone groups is 2. The second-order valence-electron chi connectivity index (χ2n) is 5.86. The third kappa shape index (κ3) is 6.07. The van der Waals surface area contributed by atoms with Crippen molar-refractivity contribution in [2.45, 2.75) is 27.8 Å². The second-order valence-corrected chi connectivity index (χ2v) is 11.2. The molecule has 0 bridgehead atoms. The van der Waals surface area contributed by atoms with Crippen LogP contribution in [0.25, 0.3) is 0 Å². The Balaban J connectivity index is 2.22. The van der Waals surface area contributed by atoms with E-state index in [0.29, 0.717) is 12.1 Å². The standard InChI is InChI=1S/C13H13F3N2O7S3/c14-13(15,16)26-9-1-2-11(10(5-9)18(20)21)28(24,25)7-12(19)17-8-3-4-27(22,23)6-8/h1-2,5,8H,3-4,6-7H2,(H,17,19). The molecule has 1 fully saturated rings. The van der Waals surface area contributed by atoms with Crippen LogP contribution in [0.15, 0.2) is 28.0 Å². The molecule has 9 nitrogen and oxygen atoms in total. The van der Waals surface area contributed by atoms with Gasteiger partial charge in [0, 0.05) is 17.0 Å². The fourth-order valence-electron chi connectivity index (χ4n) is 2.53. The highest BCUT2D eigenvalue weighted by Gasteiger charge is 2.34. The van der Waals surface area contributed by atoms with Crippen LogP contribution in [-0.4, -0.2) is 56.5 Å². The van der Waals surface area contributed by atoms with Gasteiger partial charge in [0.15, 0.2) is 19.7 Å². The van der Waals surface area contributed by atoms with Gasteiger partial charge in [0.2, 0.25) is 5.91 Å². The molecule has 1 heterocycles. The number of carbonyl (C=O) groups is 1. The van der Waals surface area contributed by atoms with Crippen LogP contribution in [0.4, 0.5) is 18.9 Å². The molecule has 1 N–H and O–H groups in total. The molecule has 0 aromatic heterocycles. The van der Waals surface area contributed by atoms with Crippen LogP contribution in [0, 0.1) is 10.1 Å². The first-order valence-corrected chi connectivity index (χ1v) is 11.7. The van der Waals surface area contributed by atoms with Crippen molar-refractivity contribution in [1.82, 2.24) is 5.32 Å². The number of thioether (sulfide) groups is 1. The number of halogens is 3. The van der Waals surface area contributed by atoms with Crippen molar-refractivity contribution in [2.75, 3.05) is 17.3 Å². The highest BCUT2D eigenvalue weighted by molar-refractivity contribution is 8.00. The maximum Gasteiger partial charge on any atom is 0.446 e. The lowest BCUT2D eigenvalue weighted by Crippen LogP contribution is -2.39. The number of alkyl halides is 3. The summed E-state index contributed by atoms with van der Waals surface area (Å²) in [6.07, 6.45) is 0.109. The molecule has 0 saturated carbocycles. The van der Waals surface area contributed by atoms with Gasteiger partial charge in [0.05, 0.1) is 16.4 Å². The molecule has 1 saturated heterocycles. The fraction of sp³-hybridized carbons (Fsp3) is 0.462. The van der Waals surface area contributed by atoms with Gasteiger partial charge >= 0.3 is 5.51 Å². The first-order valence-electron chi connectivity index (χ1n) is 7.45. The zero-order valence-corrected chi connectivity index (χ0v) is 16.3. The van der Waals surface area contributed by atoms with Crippen LogP contribution >= 0.6 is 11.8 Å². The van der Waals surface area contributed by atoms with Crippen LogP contribution < -0.4 is 5.32 Å². The van der Waals surface area contributed by atoms with Crippen LogP contribution in [0.5, 0.6) is 0 Å². The third-order valence-corrected chi connectivity index (χ3v) is 7.76. The number of rotatable bonds is 6. The molecular formula is C13H13F3N2O7S3. The first-order chi connectivity index (χ1) is 12.7. The van der Waals surface area contributed by atoms with E-state index in [4.69, 9.17) is 0 Å². The SMILES string of the molecule is O=C(CS(=O)(=O)c1ccc(SC(F)(F)F)cc1[N+](=O)[O-])NC1CCS(=O)(=O)C1. The summed E-state index contributed by atoms with van der Waals surface area (Å²) >= 11 is -0.649. The van der Waals surface area contributed by atoms with E-state index in [9.17, 15) is 44.9 Å². The number of amides is 1. The zero-order valence-electron chi connectivity index (χ0n) is 13.8. The van der Waals surface area contributed by atoms with Crippen molar-refractivity contribution >= 4 is 43.0 Å². The fourth-order valence-corrected chi connectivity index (χ4v) is 6.09. The minimum Gasteiger partial charge on any atom is -0.351 e. The van der Waals surface area contributed by atoms with Crippen molar-refractivity contribution in [3.8, 4) is 0 Å². The number of nitrogens with one attached hydrogen (secondary N) is 1. The molecule has 1 aliphatic heterocycles. The minimum absolute atomic E-state index is 0.109. The predicted molar refractivity (Wildman–Crippen MR) is 92.3 cm³/mol. The average Bonchev–Trinajstić information content (AvgIpc) is 2.83. The number of benzene rings is 1. The van der Waals surface area contributed by atoms with Gasteiger partial charge in [-0.25, -0.2) is 16.8 Å². The van der Waals surface area contributed by atoms with E-state index in [1.807, 2.05) is 0 Å². The highest BCUT2D eigenvalue weighted by Crippen LogP contribution is 2.39. The van der Waals surface area contributed by atoms with Gasteiger partial charge in [0.1, 0.15) is 10.6 Å². The topological polar surface area (TPSA) is 141 Å². The van der Waals surface area contributed by atoms with Gasteiger partial charge in [0.25, 0.3) is 5.69 Å². The number of nitro benzene ring substituents is 1. The van der Waals surface area contributed by atoms with Crippen LogP contribution in [0.1, 0.15) is 6.42 Å². The van der Waals surface area contributed by atoms with Crippen molar-refractivity contribution in [3.63, 3.8) is 0 Å². The van der Waals surface area contributed by atoms with Gasteiger partial charge in [-0.05, 0) is 30.3 Å². The first kappa shape index (κ1) is 22.4. The van der Waals surface area contributed by atoms with Crippen LogP contribution in [0.2, 0.25) is 0 Å². The van der Waals surface area contributed by atoms with E-state index >= 15 is 0 Å². The van der Waals surface area contributed by atoms with E-state index in [1.54, 1.807) is 0 Å². The number of carbonyl (C=O) groups excluding carboxylic acids is 1. The van der Waals surface area contributed by atoms with E-state index in [0.717, 1.165) is 6.07 Å². The minimum atomic E-state index is -4.73. The molecule has 1 aromatic carbocycles. The summed E-state index contributed by atoms with van der Waals surface area (Å²) in [4.78, 5) is 20.4. The summed E-state index contributed by atoms with van der Waals surface area (Å²) in [5.41, 5.74) is -5.82. The predicted octanol–water partition coefficient (Wildman–Crippen LogP) is 1.28. The summed E-state index contributed by atoms with van der Waals surface area (Å²) in [5.74, 6) is -2.78. The quantitative estimate of drug-likeness (QED) is 0.379. The lowest BCUT2D eigenvalue weighted by Gasteiger charge is -2.12. The molecule has 1 amide bonds. The lowest BCUT2D eigenvalue weighted by atomic mass is 10.3. The maximum absolute atomic E-state index is 12.4. The molecule has 0 radical (unpaired) electrons. The van der Waals surface area contributed by atoms with Crippen molar-refractivity contribution in [1.29, 1.82) is 0 Å². The van der Waals surface area contributed by atoms with Gasteiger partial charge in [-0.3, -0.25) is 14.9 Å². The molecule has 0 spiro atoms. The summed E-state index contributed by atoms with van der Waals surface area (Å²) in [7, 11) is -7.88. The number of nitrogens with zero attached hydrogens (tertiary/aromatic N) is 1. The largest absolute Gasteiger partial charge is 0.446 e. The van der Waals surface area contributed by atoms with Crippen LogP contribution in [-0.2, 0) is 24.5 Å². The molecule has 1 aromatic rings. The Morgan fingerprint density at radius 1 is 1.36 bits per heavy atom. The normalized spacial score (nSPS) is 19.3. The van der Waals surface area contributed by atoms with E-state index in [-0.39, 0.29) is 17.9 Å².